The van der Waals surface area contributed by atoms with E-state index in [0.717, 1.165) is 29.3 Å². The number of carbonyl (C=O) groups excluding carboxylic acids is 1. The van der Waals surface area contributed by atoms with Gasteiger partial charge in [-0.15, -0.1) is 0 Å². The topological polar surface area (TPSA) is 29.1 Å². The van der Waals surface area contributed by atoms with Gasteiger partial charge in [0.15, 0.2) is 0 Å². The molecule has 0 bridgehead atoms. The minimum Gasteiger partial charge on any atom is -0.355 e. The second-order valence-electron chi connectivity index (χ2n) is 6.41. The Hall–Kier alpha value is -3.01. The second-order valence-corrected chi connectivity index (χ2v) is 6.41. The van der Waals surface area contributed by atoms with Gasteiger partial charge < -0.3 is 5.32 Å². The maximum atomic E-state index is 13.7. The summed E-state index contributed by atoms with van der Waals surface area (Å²) < 4.78 is 26.9. The van der Waals surface area contributed by atoms with Crippen LogP contribution < -0.4 is 5.32 Å². The molecule has 0 spiro atoms. The number of hydrogen-bond acceptors (Lipinski definition) is 1. The summed E-state index contributed by atoms with van der Waals surface area (Å²) in [5.41, 5.74) is 2.44. The zero-order valence-electron chi connectivity index (χ0n) is 14.9. The summed E-state index contributed by atoms with van der Waals surface area (Å²) >= 11 is 0. The minimum atomic E-state index is -0.500. The number of halogens is 2. The second kappa shape index (κ2) is 9.08. The van der Waals surface area contributed by atoms with Crippen LogP contribution in [0.25, 0.3) is 0 Å². The molecule has 3 rings (SSSR count). The summed E-state index contributed by atoms with van der Waals surface area (Å²) in [5.74, 6) is -1.14. The van der Waals surface area contributed by atoms with E-state index in [1.807, 2.05) is 60.7 Å². The lowest BCUT2D eigenvalue weighted by atomic mass is 9.91. The molecule has 27 heavy (non-hydrogen) atoms. The minimum absolute atomic E-state index is 0.0299. The number of hydrogen-bond donors (Lipinski definition) is 1. The van der Waals surface area contributed by atoms with Crippen LogP contribution in [0, 0.1) is 11.6 Å². The molecule has 4 heteroatoms. The largest absolute Gasteiger partial charge is 0.355 e. The van der Waals surface area contributed by atoms with Crippen molar-refractivity contribution in [3.05, 3.63) is 107 Å². The number of benzene rings is 3. The number of aryl methyl sites for hydroxylation is 1. The predicted octanol–water partition coefficient (Wildman–Crippen LogP) is 4.85. The van der Waals surface area contributed by atoms with E-state index in [0.29, 0.717) is 6.54 Å². The molecule has 2 nitrogen and oxygen atoms in total. The predicted molar refractivity (Wildman–Crippen MR) is 102 cm³/mol. The maximum Gasteiger partial charge on any atom is 0.220 e. The Morgan fingerprint density at radius 1 is 0.852 bits per heavy atom. The van der Waals surface area contributed by atoms with E-state index in [4.69, 9.17) is 0 Å². The highest BCUT2D eigenvalue weighted by molar-refractivity contribution is 5.76. The number of amides is 1. The molecule has 0 saturated heterocycles. The molecule has 3 aromatic carbocycles. The molecule has 0 saturated carbocycles. The summed E-state index contributed by atoms with van der Waals surface area (Å²) in [6, 6.07) is 23.2. The van der Waals surface area contributed by atoms with E-state index in [2.05, 4.69) is 5.32 Å². The summed E-state index contributed by atoms with van der Waals surface area (Å²) in [7, 11) is 0. The molecule has 1 N–H and O–H groups in total. The van der Waals surface area contributed by atoms with Gasteiger partial charge in [0.25, 0.3) is 0 Å². The lowest BCUT2D eigenvalue weighted by Crippen LogP contribution is -2.29. The van der Waals surface area contributed by atoms with Crippen molar-refractivity contribution in [3.63, 3.8) is 0 Å². The molecule has 0 unspecified atom stereocenters. The van der Waals surface area contributed by atoms with Crippen molar-refractivity contribution in [3.8, 4) is 0 Å². The van der Waals surface area contributed by atoms with Crippen LogP contribution in [0.15, 0.2) is 78.9 Å². The lowest BCUT2D eigenvalue weighted by molar-refractivity contribution is -0.121. The van der Waals surface area contributed by atoms with Gasteiger partial charge in [-0.1, -0.05) is 60.7 Å². The lowest BCUT2D eigenvalue weighted by Gasteiger charge is -2.19. The van der Waals surface area contributed by atoms with Gasteiger partial charge in [-0.2, -0.15) is 0 Å². The molecule has 0 radical (unpaired) electrons. The Morgan fingerprint density at radius 2 is 1.44 bits per heavy atom. The standard InChI is InChI=1S/C23H21F2NO/c24-20-12-13-22(25)19(15-20)11-14-23(27)26-16-21(17-7-3-1-4-8-17)18-9-5-2-6-10-18/h1-10,12-13,15,21H,11,14,16H2,(H,26,27). The summed E-state index contributed by atoms with van der Waals surface area (Å²) in [4.78, 5) is 12.3. The van der Waals surface area contributed by atoms with Gasteiger partial charge in [0.2, 0.25) is 5.91 Å². The Balaban J connectivity index is 1.63. The molecule has 3 aromatic rings. The third-order valence-corrected chi connectivity index (χ3v) is 4.54. The SMILES string of the molecule is O=C(CCc1cc(F)ccc1F)NCC(c1ccccc1)c1ccccc1. The van der Waals surface area contributed by atoms with E-state index in [1.54, 1.807) is 0 Å². The Bertz CT molecular complexity index is 842. The third kappa shape index (κ3) is 5.23. The molecule has 138 valence electrons. The van der Waals surface area contributed by atoms with Crippen molar-refractivity contribution >= 4 is 5.91 Å². The zero-order valence-corrected chi connectivity index (χ0v) is 14.9. The van der Waals surface area contributed by atoms with Crippen LogP contribution in [0.2, 0.25) is 0 Å². The van der Waals surface area contributed by atoms with Gasteiger partial charge in [0.05, 0.1) is 0 Å². The van der Waals surface area contributed by atoms with Crippen LogP contribution in [-0.4, -0.2) is 12.5 Å². The smallest absolute Gasteiger partial charge is 0.220 e. The van der Waals surface area contributed by atoms with Gasteiger partial charge in [0, 0.05) is 18.9 Å². The fourth-order valence-corrected chi connectivity index (χ4v) is 3.09. The van der Waals surface area contributed by atoms with Crippen molar-refractivity contribution in [2.24, 2.45) is 0 Å². The highest BCUT2D eigenvalue weighted by atomic mass is 19.1. The highest BCUT2D eigenvalue weighted by Gasteiger charge is 2.15. The molecule has 0 aliphatic carbocycles. The summed E-state index contributed by atoms with van der Waals surface area (Å²) in [6.07, 6.45) is 0.271. The van der Waals surface area contributed by atoms with E-state index >= 15 is 0 Å². The van der Waals surface area contributed by atoms with Crippen molar-refractivity contribution in [1.82, 2.24) is 5.32 Å². The van der Waals surface area contributed by atoms with Crippen molar-refractivity contribution in [1.29, 1.82) is 0 Å². The van der Waals surface area contributed by atoms with Crippen LogP contribution in [0.4, 0.5) is 8.78 Å². The molecule has 0 aliphatic rings. The van der Waals surface area contributed by atoms with Crippen LogP contribution in [0.3, 0.4) is 0 Å². The van der Waals surface area contributed by atoms with Gasteiger partial charge in [-0.3, -0.25) is 4.79 Å². The van der Waals surface area contributed by atoms with Crippen LogP contribution >= 0.6 is 0 Å². The van der Waals surface area contributed by atoms with Crippen molar-refractivity contribution in [2.45, 2.75) is 18.8 Å². The Morgan fingerprint density at radius 3 is 2.04 bits per heavy atom. The average Bonchev–Trinajstić information content (AvgIpc) is 2.70. The van der Waals surface area contributed by atoms with Gasteiger partial charge >= 0.3 is 0 Å². The number of rotatable bonds is 7. The monoisotopic (exact) mass is 365 g/mol. The fourth-order valence-electron chi connectivity index (χ4n) is 3.09. The molecule has 0 fully saturated rings. The van der Waals surface area contributed by atoms with E-state index in [-0.39, 0.29) is 30.2 Å². The molecule has 1 amide bonds. The van der Waals surface area contributed by atoms with Crippen LogP contribution in [0.1, 0.15) is 29.0 Å². The highest BCUT2D eigenvalue weighted by Crippen LogP contribution is 2.23. The first-order chi connectivity index (χ1) is 13.1. The summed E-state index contributed by atoms with van der Waals surface area (Å²) in [6.45, 7) is 0.443. The van der Waals surface area contributed by atoms with Gasteiger partial charge in [-0.05, 0) is 41.3 Å². The Kier molecular flexibility index (Phi) is 6.31. The quantitative estimate of drug-likeness (QED) is 0.637. The zero-order chi connectivity index (χ0) is 19.1. The molecule has 0 heterocycles. The maximum absolute atomic E-state index is 13.7. The Labute approximate surface area is 157 Å². The number of nitrogens with one attached hydrogen (secondary N) is 1. The van der Waals surface area contributed by atoms with E-state index in [1.165, 1.54) is 0 Å². The molecule has 0 atom stereocenters. The first-order valence-corrected chi connectivity index (χ1v) is 8.94. The first kappa shape index (κ1) is 18.8. The van der Waals surface area contributed by atoms with Gasteiger partial charge in [0.1, 0.15) is 11.6 Å². The van der Waals surface area contributed by atoms with Crippen LogP contribution in [0.5, 0.6) is 0 Å². The molecular weight excluding hydrogens is 344 g/mol. The van der Waals surface area contributed by atoms with Crippen molar-refractivity contribution in [2.75, 3.05) is 6.54 Å². The third-order valence-electron chi connectivity index (χ3n) is 4.54. The molecule has 0 aromatic heterocycles. The average molecular weight is 365 g/mol. The van der Waals surface area contributed by atoms with E-state index in [9.17, 15) is 13.6 Å². The summed E-state index contributed by atoms with van der Waals surface area (Å²) in [5, 5.41) is 2.93. The molecular formula is C23H21F2NO. The normalized spacial score (nSPS) is 10.8. The first-order valence-electron chi connectivity index (χ1n) is 8.94. The number of carbonyl (C=O) groups is 1. The fraction of sp³-hybridized carbons (Fsp3) is 0.174. The van der Waals surface area contributed by atoms with Crippen molar-refractivity contribution < 1.29 is 13.6 Å². The van der Waals surface area contributed by atoms with Gasteiger partial charge in [-0.25, -0.2) is 8.78 Å². The van der Waals surface area contributed by atoms with E-state index < -0.39 is 11.6 Å². The van der Waals surface area contributed by atoms with Crippen LogP contribution in [-0.2, 0) is 11.2 Å². The molecule has 0 aliphatic heterocycles.